The molecular weight excluding hydrogens is 324 g/mol. The van der Waals surface area contributed by atoms with Crippen molar-refractivity contribution < 1.29 is 0 Å². The van der Waals surface area contributed by atoms with Gasteiger partial charge in [0, 0.05) is 0 Å². The molecule has 0 amide bonds. The van der Waals surface area contributed by atoms with E-state index in [-0.39, 0.29) is 0 Å². The third kappa shape index (κ3) is 4.80. The Balaban J connectivity index is 1.25. The first kappa shape index (κ1) is 19.5. The van der Waals surface area contributed by atoms with E-state index in [0.29, 0.717) is 0 Å². The highest BCUT2D eigenvalue weighted by Crippen LogP contribution is 2.50. The zero-order valence-electron chi connectivity index (χ0n) is 18.0. The summed E-state index contributed by atoms with van der Waals surface area (Å²) in [4.78, 5) is 0. The van der Waals surface area contributed by atoms with Crippen molar-refractivity contribution in [3.63, 3.8) is 0 Å². The number of rotatable bonds is 5. The van der Waals surface area contributed by atoms with Crippen LogP contribution >= 0.6 is 0 Å². The minimum absolute atomic E-state index is 0.840. The van der Waals surface area contributed by atoms with Crippen LogP contribution in [0.4, 0.5) is 0 Å². The van der Waals surface area contributed by atoms with Crippen molar-refractivity contribution >= 4 is 0 Å². The minimum Gasteiger partial charge on any atom is -0.0654 e. The largest absolute Gasteiger partial charge is 0.0654 e. The van der Waals surface area contributed by atoms with Gasteiger partial charge in [-0.05, 0) is 106 Å². The number of unbranched alkanes of at least 4 members (excludes halogenated alkanes) is 1. The average Bonchev–Trinajstić information content (AvgIpc) is 2.72. The number of benzene rings is 1. The van der Waals surface area contributed by atoms with Crippen LogP contribution < -0.4 is 0 Å². The summed E-state index contributed by atoms with van der Waals surface area (Å²) in [7, 11) is 0. The lowest BCUT2D eigenvalue weighted by Gasteiger charge is -2.45. The number of hydrogen-bond donors (Lipinski definition) is 0. The van der Waals surface area contributed by atoms with Crippen molar-refractivity contribution in [2.75, 3.05) is 0 Å². The molecule has 0 bridgehead atoms. The van der Waals surface area contributed by atoms with E-state index >= 15 is 0 Å². The number of aryl methyl sites for hydroxylation is 1. The molecule has 0 heteroatoms. The van der Waals surface area contributed by atoms with Gasteiger partial charge in [0.15, 0.2) is 0 Å². The Morgan fingerprint density at radius 3 is 2.00 bits per heavy atom. The molecule has 3 saturated carbocycles. The Labute approximate surface area is 168 Å². The van der Waals surface area contributed by atoms with Crippen LogP contribution in [0.1, 0.15) is 107 Å². The summed E-state index contributed by atoms with van der Waals surface area (Å²) in [6.07, 6.45) is 19.7. The number of hydrogen-bond acceptors (Lipinski definition) is 0. The van der Waals surface area contributed by atoms with Crippen molar-refractivity contribution in [1.82, 2.24) is 0 Å². The van der Waals surface area contributed by atoms with E-state index in [2.05, 4.69) is 38.1 Å². The van der Waals surface area contributed by atoms with Gasteiger partial charge < -0.3 is 0 Å². The molecule has 1 aromatic rings. The van der Waals surface area contributed by atoms with Crippen LogP contribution in [0.3, 0.4) is 0 Å². The molecule has 0 N–H and O–H groups in total. The number of fused-ring (bicyclic) bond motifs is 1. The third-order valence-electron chi connectivity index (χ3n) is 8.72. The molecule has 0 aliphatic heterocycles. The van der Waals surface area contributed by atoms with Crippen molar-refractivity contribution in [3.8, 4) is 0 Å². The average molecular weight is 367 g/mol. The minimum atomic E-state index is 0.840. The first-order valence-corrected chi connectivity index (χ1v) is 12.3. The Bertz CT molecular complexity index is 562. The van der Waals surface area contributed by atoms with E-state index < -0.39 is 0 Å². The molecule has 0 radical (unpaired) electrons. The van der Waals surface area contributed by atoms with Crippen molar-refractivity contribution in [2.45, 2.75) is 103 Å². The molecule has 4 atom stereocenters. The van der Waals surface area contributed by atoms with Crippen molar-refractivity contribution in [1.29, 1.82) is 0 Å². The van der Waals surface area contributed by atoms with Crippen LogP contribution in [-0.4, -0.2) is 0 Å². The molecule has 0 spiro atoms. The smallest absolute Gasteiger partial charge is 0.0162 e. The topological polar surface area (TPSA) is 0 Å². The second kappa shape index (κ2) is 9.15. The molecule has 150 valence electrons. The van der Waals surface area contributed by atoms with Gasteiger partial charge in [-0.2, -0.15) is 0 Å². The van der Waals surface area contributed by atoms with Gasteiger partial charge in [-0.3, -0.25) is 0 Å². The fraction of sp³-hybridized carbons (Fsp3) is 0.778. The second-order valence-corrected chi connectivity index (χ2v) is 10.4. The molecule has 27 heavy (non-hydrogen) atoms. The molecule has 4 unspecified atom stereocenters. The van der Waals surface area contributed by atoms with E-state index in [0.717, 1.165) is 35.5 Å². The summed E-state index contributed by atoms with van der Waals surface area (Å²) in [5.74, 6) is 6.22. The fourth-order valence-electron chi connectivity index (χ4n) is 6.97. The Morgan fingerprint density at radius 1 is 0.704 bits per heavy atom. The predicted molar refractivity (Wildman–Crippen MR) is 117 cm³/mol. The highest BCUT2D eigenvalue weighted by molar-refractivity contribution is 5.24. The summed E-state index contributed by atoms with van der Waals surface area (Å²) in [5, 5.41) is 0. The molecule has 3 aliphatic carbocycles. The lowest BCUT2D eigenvalue weighted by molar-refractivity contribution is 0.0614. The maximum Gasteiger partial charge on any atom is -0.0162 e. The van der Waals surface area contributed by atoms with Gasteiger partial charge in [0.05, 0.1) is 0 Å². The second-order valence-electron chi connectivity index (χ2n) is 10.4. The molecular formula is C27H42. The summed E-state index contributed by atoms with van der Waals surface area (Å²) >= 11 is 0. The predicted octanol–water partition coefficient (Wildman–Crippen LogP) is 8.29. The Kier molecular flexibility index (Phi) is 6.62. The summed E-state index contributed by atoms with van der Waals surface area (Å²) in [6.45, 7) is 4.55. The van der Waals surface area contributed by atoms with E-state index in [1.165, 1.54) is 50.5 Å². The van der Waals surface area contributed by atoms with Crippen LogP contribution in [0.5, 0.6) is 0 Å². The summed E-state index contributed by atoms with van der Waals surface area (Å²) in [6, 6.07) is 9.39. The SMILES string of the molecule is CCCCC1CCC2CC(C3CCC(c4ccc(C)cc4)CC3)CCC2C1. The molecule has 3 fully saturated rings. The molecule has 0 heterocycles. The summed E-state index contributed by atoms with van der Waals surface area (Å²) in [5.41, 5.74) is 3.00. The van der Waals surface area contributed by atoms with Crippen LogP contribution in [0.2, 0.25) is 0 Å². The Hall–Kier alpha value is -0.780. The van der Waals surface area contributed by atoms with Crippen LogP contribution in [0.25, 0.3) is 0 Å². The van der Waals surface area contributed by atoms with E-state index in [1.807, 2.05) is 0 Å². The maximum atomic E-state index is 2.39. The lowest BCUT2D eigenvalue weighted by Crippen LogP contribution is -2.34. The standard InChI is InChI=1S/C27H42/c1-3-4-5-21-8-11-27-19-26(17-16-25(27)18-21)24-14-12-23(13-15-24)22-9-6-20(2)7-10-22/h6-7,9-10,21,23-27H,3-5,8,11-19H2,1-2H3. The maximum absolute atomic E-state index is 2.39. The fourth-order valence-corrected chi connectivity index (χ4v) is 6.97. The van der Waals surface area contributed by atoms with E-state index in [1.54, 1.807) is 44.1 Å². The zero-order chi connectivity index (χ0) is 18.6. The molecule has 0 aromatic heterocycles. The van der Waals surface area contributed by atoms with Gasteiger partial charge in [-0.25, -0.2) is 0 Å². The quantitative estimate of drug-likeness (QED) is 0.491. The van der Waals surface area contributed by atoms with E-state index in [4.69, 9.17) is 0 Å². The lowest BCUT2D eigenvalue weighted by atomic mass is 9.60. The molecule has 3 aliphatic rings. The highest BCUT2D eigenvalue weighted by atomic mass is 14.4. The van der Waals surface area contributed by atoms with E-state index in [9.17, 15) is 0 Å². The van der Waals surface area contributed by atoms with Gasteiger partial charge in [0.2, 0.25) is 0 Å². The molecule has 1 aromatic carbocycles. The zero-order valence-corrected chi connectivity index (χ0v) is 18.0. The molecule has 0 saturated heterocycles. The van der Waals surface area contributed by atoms with Gasteiger partial charge in [0.25, 0.3) is 0 Å². The van der Waals surface area contributed by atoms with Gasteiger partial charge in [-0.15, -0.1) is 0 Å². The monoisotopic (exact) mass is 366 g/mol. The van der Waals surface area contributed by atoms with Crippen LogP contribution in [0.15, 0.2) is 24.3 Å². The first-order chi connectivity index (χ1) is 13.2. The normalized spacial score (nSPS) is 37.0. The highest BCUT2D eigenvalue weighted by Gasteiger charge is 2.38. The molecule has 4 rings (SSSR count). The van der Waals surface area contributed by atoms with Gasteiger partial charge >= 0.3 is 0 Å². The van der Waals surface area contributed by atoms with Crippen molar-refractivity contribution in [2.24, 2.45) is 29.6 Å². The summed E-state index contributed by atoms with van der Waals surface area (Å²) < 4.78 is 0. The Morgan fingerprint density at radius 2 is 1.30 bits per heavy atom. The first-order valence-electron chi connectivity index (χ1n) is 12.3. The molecule has 0 nitrogen and oxygen atoms in total. The van der Waals surface area contributed by atoms with Gasteiger partial charge in [-0.1, -0.05) is 62.4 Å². The third-order valence-corrected chi connectivity index (χ3v) is 8.72. The van der Waals surface area contributed by atoms with Crippen LogP contribution in [-0.2, 0) is 0 Å². The van der Waals surface area contributed by atoms with Gasteiger partial charge in [0.1, 0.15) is 0 Å². The van der Waals surface area contributed by atoms with Crippen molar-refractivity contribution in [3.05, 3.63) is 35.4 Å². The van der Waals surface area contributed by atoms with Crippen LogP contribution in [0, 0.1) is 36.5 Å².